The number of methoxy groups -OCH3 is 4. The Kier molecular flexibility index (Phi) is 8.30. The van der Waals surface area contributed by atoms with Crippen molar-refractivity contribution in [3.8, 4) is 34.3 Å². The molecular weight excluding hydrogens is 488 g/mol. The highest BCUT2D eigenvalue weighted by atomic mass is 32.1. The molecule has 0 aliphatic rings. The van der Waals surface area contributed by atoms with E-state index >= 15 is 0 Å². The van der Waals surface area contributed by atoms with Crippen LogP contribution in [-0.2, 0) is 6.42 Å². The molecule has 7 nitrogen and oxygen atoms in total. The minimum Gasteiger partial charge on any atom is -0.497 e. The summed E-state index contributed by atoms with van der Waals surface area (Å²) in [7, 11) is 6.46. The van der Waals surface area contributed by atoms with Crippen LogP contribution in [0.3, 0.4) is 0 Å². The van der Waals surface area contributed by atoms with Gasteiger partial charge in [0.2, 0.25) is 0 Å². The molecule has 1 amide bonds. The fourth-order valence-electron chi connectivity index (χ4n) is 4.02. The zero-order chi connectivity index (χ0) is 26.4. The van der Waals surface area contributed by atoms with E-state index in [0.717, 1.165) is 16.7 Å². The number of rotatable bonds is 10. The Morgan fingerprint density at radius 1 is 0.865 bits per heavy atom. The van der Waals surface area contributed by atoms with Gasteiger partial charge in [0, 0.05) is 23.1 Å². The second kappa shape index (κ2) is 11.8. The summed E-state index contributed by atoms with van der Waals surface area (Å²) in [5.74, 6) is 2.59. The Hall–Kier alpha value is -4.04. The number of amides is 1. The first-order valence-corrected chi connectivity index (χ1v) is 12.6. The lowest BCUT2D eigenvalue weighted by Gasteiger charge is -2.21. The van der Waals surface area contributed by atoms with Crippen molar-refractivity contribution in [1.29, 1.82) is 0 Å². The third-order valence-corrected chi connectivity index (χ3v) is 6.85. The van der Waals surface area contributed by atoms with Crippen molar-refractivity contribution >= 4 is 22.4 Å². The van der Waals surface area contributed by atoms with Crippen LogP contribution in [0.5, 0.6) is 23.0 Å². The number of thiazole rings is 1. The zero-order valence-electron chi connectivity index (χ0n) is 21.6. The predicted molar refractivity (Wildman–Crippen MR) is 147 cm³/mol. The molecule has 0 spiro atoms. The summed E-state index contributed by atoms with van der Waals surface area (Å²) in [5, 5.41) is 2.53. The molecule has 37 heavy (non-hydrogen) atoms. The summed E-state index contributed by atoms with van der Waals surface area (Å²) in [6.45, 7) is 2.41. The molecule has 0 fully saturated rings. The molecule has 0 unspecified atom stereocenters. The van der Waals surface area contributed by atoms with Crippen molar-refractivity contribution in [2.45, 2.75) is 13.3 Å². The maximum atomic E-state index is 13.7. The van der Waals surface area contributed by atoms with Crippen LogP contribution < -0.4 is 23.8 Å². The molecule has 4 aromatic rings. The Labute approximate surface area is 221 Å². The van der Waals surface area contributed by atoms with E-state index in [2.05, 4.69) is 0 Å². The Bertz CT molecular complexity index is 1380. The molecule has 0 radical (unpaired) electrons. The summed E-state index contributed by atoms with van der Waals surface area (Å²) < 4.78 is 21.8. The number of aromatic nitrogens is 1. The quantitative estimate of drug-likeness (QED) is 0.255. The summed E-state index contributed by atoms with van der Waals surface area (Å²) in [6.07, 6.45) is 0.606. The van der Waals surface area contributed by atoms with Crippen molar-refractivity contribution in [2.75, 3.05) is 39.9 Å². The number of aryl methyl sites for hydroxylation is 1. The number of hydrogen-bond donors (Lipinski definition) is 0. The fourth-order valence-corrected chi connectivity index (χ4v) is 4.87. The topological polar surface area (TPSA) is 70.1 Å². The van der Waals surface area contributed by atoms with Gasteiger partial charge < -0.3 is 18.9 Å². The van der Waals surface area contributed by atoms with E-state index in [1.165, 1.54) is 11.3 Å². The Morgan fingerprint density at radius 2 is 1.62 bits per heavy atom. The van der Waals surface area contributed by atoms with Gasteiger partial charge in [-0.05, 0) is 61.4 Å². The third-order valence-electron chi connectivity index (χ3n) is 5.99. The van der Waals surface area contributed by atoms with E-state index in [1.54, 1.807) is 33.3 Å². The van der Waals surface area contributed by atoms with Gasteiger partial charge >= 0.3 is 0 Å². The van der Waals surface area contributed by atoms with Crippen molar-refractivity contribution in [3.05, 3.63) is 82.7 Å². The van der Waals surface area contributed by atoms with Gasteiger partial charge in [0.15, 0.2) is 16.6 Å². The van der Waals surface area contributed by atoms with Gasteiger partial charge in [-0.1, -0.05) is 23.8 Å². The van der Waals surface area contributed by atoms with E-state index in [0.29, 0.717) is 52.4 Å². The highest BCUT2D eigenvalue weighted by molar-refractivity contribution is 7.14. The van der Waals surface area contributed by atoms with Gasteiger partial charge in [-0.3, -0.25) is 9.69 Å². The fraction of sp³-hybridized carbons (Fsp3) is 0.241. The molecule has 0 saturated heterocycles. The molecular formula is C29H30N2O5S. The van der Waals surface area contributed by atoms with E-state index < -0.39 is 0 Å². The number of ether oxygens (including phenoxy) is 4. The number of hydrogen-bond acceptors (Lipinski definition) is 7. The molecule has 0 bridgehead atoms. The van der Waals surface area contributed by atoms with Crippen LogP contribution in [0.4, 0.5) is 5.13 Å². The second-order valence-corrected chi connectivity index (χ2v) is 9.18. The number of anilines is 1. The van der Waals surface area contributed by atoms with Gasteiger partial charge in [-0.15, -0.1) is 11.3 Å². The minimum atomic E-state index is -0.109. The lowest BCUT2D eigenvalue weighted by atomic mass is 10.1. The molecule has 8 heteroatoms. The molecule has 4 rings (SSSR count). The lowest BCUT2D eigenvalue weighted by Crippen LogP contribution is -2.33. The third kappa shape index (κ3) is 5.86. The number of carbonyl (C=O) groups is 1. The lowest BCUT2D eigenvalue weighted by molar-refractivity contribution is 0.0987. The Balaban J connectivity index is 1.68. The first-order chi connectivity index (χ1) is 18.0. The average Bonchev–Trinajstić information content (AvgIpc) is 3.42. The predicted octanol–water partition coefficient (Wildman–Crippen LogP) is 6.04. The molecule has 0 atom stereocenters. The van der Waals surface area contributed by atoms with Crippen LogP contribution in [0.15, 0.2) is 66.0 Å². The van der Waals surface area contributed by atoms with Gasteiger partial charge in [-0.2, -0.15) is 0 Å². The maximum absolute atomic E-state index is 13.7. The summed E-state index contributed by atoms with van der Waals surface area (Å²) in [6, 6.07) is 18.9. The van der Waals surface area contributed by atoms with Crippen LogP contribution in [0.25, 0.3) is 11.3 Å². The summed E-state index contributed by atoms with van der Waals surface area (Å²) >= 11 is 1.41. The SMILES string of the molecule is COc1ccc(OC)c(-c2csc(N(CCc3ccc(OC)c(OC)c3)C(=O)c3cccc(C)c3)n2)c1. The smallest absolute Gasteiger partial charge is 0.260 e. The van der Waals surface area contributed by atoms with Crippen LogP contribution in [0.1, 0.15) is 21.5 Å². The van der Waals surface area contributed by atoms with Gasteiger partial charge in [0.1, 0.15) is 11.5 Å². The van der Waals surface area contributed by atoms with E-state index in [-0.39, 0.29) is 5.91 Å². The molecule has 192 valence electrons. The van der Waals surface area contributed by atoms with Crippen molar-refractivity contribution in [3.63, 3.8) is 0 Å². The highest BCUT2D eigenvalue weighted by Crippen LogP contribution is 2.36. The molecule has 1 aromatic heterocycles. The first-order valence-electron chi connectivity index (χ1n) is 11.7. The van der Waals surface area contributed by atoms with E-state index in [1.807, 2.05) is 73.0 Å². The van der Waals surface area contributed by atoms with Crippen LogP contribution >= 0.6 is 11.3 Å². The van der Waals surface area contributed by atoms with Crippen molar-refractivity contribution < 1.29 is 23.7 Å². The molecule has 0 N–H and O–H groups in total. The Morgan fingerprint density at radius 3 is 2.32 bits per heavy atom. The number of nitrogens with zero attached hydrogens (tertiary/aromatic N) is 2. The minimum absolute atomic E-state index is 0.109. The van der Waals surface area contributed by atoms with Crippen LogP contribution in [0, 0.1) is 6.92 Å². The molecule has 0 saturated carbocycles. The molecule has 3 aromatic carbocycles. The van der Waals surface area contributed by atoms with E-state index in [4.69, 9.17) is 23.9 Å². The molecule has 0 aliphatic carbocycles. The monoisotopic (exact) mass is 518 g/mol. The zero-order valence-corrected chi connectivity index (χ0v) is 22.4. The summed E-state index contributed by atoms with van der Waals surface area (Å²) in [4.78, 5) is 20.3. The van der Waals surface area contributed by atoms with Crippen molar-refractivity contribution in [1.82, 2.24) is 4.98 Å². The standard InChI is InChI=1S/C29H30N2O5S/c1-19-7-6-8-21(15-19)28(32)31(14-13-20-9-11-26(35-4)27(16-20)36-5)29-30-24(18-37-29)23-17-22(33-2)10-12-25(23)34-3/h6-12,15-18H,13-14H2,1-5H3. The maximum Gasteiger partial charge on any atom is 0.260 e. The first kappa shape index (κ1) is 26.0. The second-order valence-electron chi connectivity index (χ2n) is 8.35. The number of carbonyl (C=O) groups excluding carboxylic acids is 1. The largest absolute Gasteiger partial charge is 0.497 e. The average molecular weight is 519 g/mol. The van der Waals surface area contributed by atoms with Crippen LogP contribution in [-0.4, -0.2) is 45.9 Å². The normalized spacial score (nSPS) is 10.6. The van der Waals surface area contributed by atoms with Gasteiger partial charge in [0.05, 0.1) is 34.1 Å². The van der Waals surface area contributed by atoms with Gasteiger partial charge in [0.25, 0.3) is 5.91 Å². The van der Waals surface area contributed by atoms with E-state index in [9.17, 15) is 4.79 Å². The van der Waals surface area contributed by atoms with Gasteiger partial charge in [-0.25, -0.2) is 4.98 Å². The van der Waals surface area contributed by atoms with Crippen LogP contribution in [0.2, 0.25) is 0 Å². The molecule has 1 heterocycles. The molecule has 0 aliphatic heterocycles. The van der Waals surface area contributed by atoms with Crippen molar-refractivity contribution in [2.24, 2.45) is 0 Å². The summed E-state index contributed by atoms with van der Waals surface area (Å²) in [5.41, 5.74) is 4.16. The number of benzene rings is 3. The highest BCUT2D eigenvalue weighted by Gasteiger charge is 2.22.